The summed E-state index contributed by atoms with van der Waals surface area (Å²) in [7, 11) is 0. The summed E-state index contributed by atoms with van der Waals surface area (Å²) in [6.45, 7) is 4.95. The molecule has 3 N–H and O–H groups in total. The lowest BCUT2D eigenvalue weighted by molar-refractivity contribution is -0.384. The summed E-state index contributed by atoms with van der Waals surface area (Å²) in [5.74, 6) is 0.500. The minimum absolute atomic E-state index is 0.0163. The summed E-state index contributed by atoms with van der Waals surface area (Å²) < 4.78 is 0. The molecule has 15 heavy (non-hydrogen) atoms. The van der Waals surface area contributed by atoms with Gasteiger partial charge in [-0.1, -0.05) is 13.8 Å². The second kappa shape index (κ2) is 4.63. The molecule has 0 bridgehead atoms. The fourth-order valence-corrected chi connectivity index (χ4v) is 1.14. The summed E-state index contributed by atoms with van der Waals surface area (Å²) in [6, 6.07) is 4.44. The molecular weight excluding hydrogens is 194 g/mol. The van der Waals surface area contributed by atoms with Crippen molar-refractivity contribution in [3.05, 3.63) is 28.3 Å². The van der Waals surface area contributed by atoms with Crippen LogP contribution >= 0.6 is 0 Å². The monoisotopic (exact) mass is 209 g/mol. The largest absolute Gasteiger partial charge is 0.397 e. The molecule has 0 spiro atoms. The normalized spacial score (nSPS) is 10.3. The van der Waals surface area contributed by atoms with Crippen molar-refractivity contribution in [2.45, 2.75) is 13.8 Å². The van der Waals surface area contributed by atoms with Crippen molar-refractivity contribution in [2.24, 2.45) is 5.92 Å². The van der Waals surface area contributed by atoms with Gasteiger partial charge in [-0.2, -0.15) is 0 Å². The van der Waals surface area contributed by atoms with Gasteiger partial charge in [0.15, 0.2) is 0 Å². The fraction of sp³-hybridized carbons (Fsp3) is 0.400. The van der Waals surface area contributed by atoms with Gasteiger partial charge < -0.3 is 11.1 Å². The lowest BCUT2D eigenvalue weighted by Gasteiger charge is -2.10. The Morgan fingerprint density at radius 1 is 1.53 bits per heavy atom. The maximum atomic E-state index is 10.5. The molecule has 0 aliphatic rings. The lowest BCUT2D eigenvalue weighted by Crippen LogP contribution is -2.09. The first-order valence-corrected chi connectivity index (χ1v) is 4.78. The maximum absolute atomic E-state index is 10.5. The van der Waals surface area contributed by atoms with Crippen LogP contribution in [0.1, 0.15) is 13.8 Å². The molecule has 82 valence electrons. The standard InChI is InChI=1S/C10H15N3O2/c1-7(2)6-12-10-4-3-8(13(14)15)5-9(10)11/h3-5,7,12H,6,11H2,1-2H3. The maximum Gasteiger partial charge on any atom is 0.271 e. The number of hydrogen-bond acceptors (Lipinski definition) is 4. The van der Waals surface area contributed by atoms with E-state index in [1.807, 2.05) is 0 Å². The quantitative estimate of drug-likeness (QED) is 0.452. The summed E-state index contributed by atoms with van der Waals surface area (Å²) in [4.78, 5) is 10.0. The van der Waals surface area contributed by atoms with Crippen LogP contribution in [-0.4, -0.2) is 11.5 Å². The molecule has 0 amide bonds. The third-order valence-corrected chi connectivity index (χ3v) is 1.95. The number of benzene rings is 1. The van der Waals surface area contributed by atoms with Crippen LogP contribution in [0.2, 0.25) is 0 Å². The topological polar surface area (TPSA) is 81.2 Å². The Kier molecular flexibility index (Phi) is 3.49. The van der Waals surface area contributed by atoms with Crippen LogP contribution in [0.5, 0.6) is 0 Å². The van der Waals surface area contributed by atoms with E-state index in [0.717, 1.165) is 12.2 Å². The van der Waals surface area contributed by atoms with Crippen LogP contribution in [0.15, 0.2) is 18.2 Å². The van der Waals surface area contributed by atoms with Crippen LogP contribution in [0.25, 0.3) is 0 Å². The number of hydrogen-bond donors (Lipinski definition) is 2. The van der Waals surface area contributed by atoms with E-state index in [9.17, 15) is 10.1 Å². The summed E-state index contributed by atoms with van der Waals surface area (Å²) in [6.07, 6.45) is 0. The molecule has 5 heteroatoms. The Bertz CT molecular complexity index is 364. The molecule has 0 saturated carbocycles. The number of nitrogens with one attached hydrogen (secondary N) is 1. The lowest BCUT2D eigenvalue weighted by atomic mass is 10.2. The SMILES string of the molecule is CC(C)CNc1ccc([N+](=O)[O-])cc1N. The third kappa shape index (κ3) is 3.12. The van der Waals surface area contributed by atoms with E-state index in [2.05, 4.69) is 19.2 Å². The van der Waals surface area contributed by atoms with Crippen molar-refractivity contribution in [1.82, 2.24) is 0 Å². The second-order valence-corrected chi connectivity index (χ2v) is 3.80. The highest BCUT2D eigenvalue weighted by Crippen LogP contribution is 2.24. The molecule has 5 nitrogen and oxygen atoms in total. The van der Waals surface area contributed by atoms with E-state index in [0.29, 0.717) is 11.6 Å². The van der Waals surface area contributed by atoms with E-state index in [1.165, 1.54) is 12.1 Å². The molecule has 1 aromatic carbocycles. The van der Waals surface area contributed by atoms with E-state index >= 15 is 0 Å². The summed E-state index contributed by atoms with van der Waals surface area (Å²) in [5, 5.41) is 13.6. The van der Waals surface area contributed by atoms with Crippen LogP contribution in [0, 0.1) is 16.0 Å². The van der Waals surface area contributed by atoms with Crippen LogP contribution in [0.3, 0.4) is 0 Å². The van der Waals surface area contributed by atoms with Crippen molar-refractivity contribution in [2.75, 3.05) is 17.6 Å². The number of rotatable bonds is 4. The fourth-order valence-electron chi connectivity index (χ4n) is 1.14. The Hall–Kier alpha value is -1.78. The summed E-state index contributed by atoms with van der Waals surface area (Å²) in [5.41, 5.74) is 6.85. The minimum Gasteiger partial charge on any atom is -0.397 e. The Labute approximate surface area is 88.4 Å². The number of non-ortho nitro benzene ring substituents is 1. The van der Waals surface area contributed by atoms with Crippen molar-refractivity contribution >= 4 is 17.1 Å². The van der Waals surface area contributed by atoms with Crippen LogP contribution < -0.4 is 11.1 Å². The number of nitro groups is 1. The minimum atomic E-state index is -0.456. The van der Waals surface area contributed by atoms with Gasteiger partial charge in [0, 0.05) is 18.7 Å². The smallest absolute Gasteiger partial charge is 0.271 e. The average Bonchev–Trinajstić information content (AvgIpc) is 2.15. The molecule has 0 aliphatic carbocycles. The van der Waals surface area contributed by atoms with Gasteiger partial charge >= 0.3 is 0 Å². The number of nitrogens with zero attached hydrogens (tertiary/aromatic N) is 1. The van der Waals surface area contributed by atoms with E-state index in [1.54, 1.807) is 6.07 Å². The second-order valence-electron chi connectivity index (χ2n) is 3.80. The predicted octanol–water partition coefficient (Wildman–Crippen LogP) is 2.24. The first kappa shape index (κ1) is 11.3. The zero-order valence-electron chi connectivity index (χ0n) is 8.86. The van der Waals surface area contributed by atoms with Crippen molar-refractivity contribution < 1.29 is 4.92 Å². The molecule has 0 aromatic heterocycles. The highest BCUT2D eigenvalue weighted by atomic mass is 16.6. The summed E-state index contributed by atoms with van der Waals surface area (Å²) >= 11 is 0. The predicted molar refractivity (Wildman–Crippen MR) is 60.8 cm³/mol. The molecule has 0 saturated heterocycles. The third-order valence-electron chi connectivity index (χ3n) is 1.95. The Balaban J connectivity index is 2.79. The highest BCUT2D eigenvalue weighted by Gasteiger charge is 2.08. The van der Waals surface area contributed by atoms with Crippen LogP contribution in [-0.2, 0) is 0 Å². The molecule has 0 atom stereocenters. The molecule has 0 aliphatic heterocycles. The Morgan fingerprint density at radius 3 is 2.67 bits per heavy atom. The van der Waals surface area contributed by atoms with Crippen molar-refractivity contribution in [3.8, 4) is 0 Å². The molecule has 0 radical (unpaired) electrons. The number of nitro benzene ring substituents is 1. The molecule has 1 rings (SSSR count). The van der Waals surface area contributed by atoms with Gasteiger partial charge in [-0.15, -0.1) is 0 Å². The van der Waals surface area contributed by atoms with Gasteiger partial charge in [-0.05, 0) is 12.0 Å². The van der Waals surface area contributed by atoms with Gasteiger partial charge in [0.25, 0.3) is 5.69 Å². The van der Waals surface area contributed by atoms with E-state index < -0.39 is 4.92 Å². The molecule has 1 aromatic rings. The zero-order chi connectivity index (χ0) is 11.4. The molecule has 0 unspecified atom stereocenters. The van der Waals surface area contributed by atoms with Crippen LogP contribution in [0.4, 0.5) is 17.1 Å². The van der Waals surface area contributed by atoms with Gasteiger partial charge in [0.1, 0.15) is 0 Å². The molecule has 0 fully saturated rings. The van der Waals surface area contributed by atoms with Crippen molar-refractivity contribution in [3.63, 3.8) is 0 Å². The number of anilines is 2. The first-order valence-electron chi connectivity index (χ1n) is 4.78. The van der Waals surface area contributed by atoms with Gasteiger partial charge in [-0.3, -0.25) is 10.1 Å². The van der Waals surface area contributed by atoms with Crippen molar-refractivity contribution in [1.29, 1.82) is 0 Å². The van der Waals surface area contributed by atoms with Gasteiger partial charge in [0.2, 0.25) is 0 Å². The van der Waals surface area contributed by atoms with E-state index in [-0.39, 0.29) is 5.69 Å². The van der Waals surface area contributed by atoms with E-state index in [4.69, 9.17) is 5.73 Å². The molecule has 0 heterocycles. The molecular formula is C10H15N3O2. The van der Waals surface area contributed by atoms with Gasteiger partial charge in [0.05, 0.1) is 16.3 Å². The number of nitrogen functional groups attached to an aromatic ring is 1. The number of nitrogens with two attached hydrogens (primary N) is 1. The Morgan fingerprint density at radius 2 is 2.20 bits per heavy atom. The first-order chi connectivity index (χ1) is 7.00. The zero-order valence-corrected chi connectivity index (χ0v) is 8.86. The average molecular weight is 209 g/mol. The van der Waals surface area contributed by atoms with Gasteiger partial charge in [-0.25, -0.2) is 0 Å². The highest BCUT2D eigenvalue weighted by molar-refractivity contribution is 5.69.